The minimum atomic E-state index is 0.743. The molecule has 5 rings (SSSR count). The number of ether oxygens (including phenoxy) is 1. The van der Waals surface area contributed by atoms with Crippen LogP contribution in [0.15, 0.2) is 52.9 Å². The van der Waals surface area contributed by atoms with Gasteiger partial charge in [0.05, 0.1) is 16.8 Å². The molecule has 3 nitrogen and oxygen atoms in total. The van der Waals surface area contributed by atoms with Crippen LogP contribution in [0.25, 0.3) is 11.0 Å². The van der Waals surface area contributed by atoms with Crippen molar-refractivity contribution in [3.63, 3.8) is 0 Å². The minimum absolute atomic E-state index is 0.743. The SMILES string of the molecule is Cc1cc(C)c(N2c3ccc(C)cc3Oc3c2oc2ccc(C)cc32)c(C)c1. The summed E-state index contributed by atoms with van der Waals surface area (Å²) in [5, 5.41) is 1.01. The van der Waals surface area contributed by atoms with Gasteiger partial charge < -0.3 is 9.15 Å². The van der Waals surface area contributed by atoms with Crippen molar-refractivity contribution in [1.29, 1.82) is 0 Å². The molecule has 0 bridgehead atoms. The van der Waals surface area contributed by atoms with Gasteiger partial charge in [0.1, 0.15) is 5.58 Å². The molecule has 0 radical (unpaired) electrons. The van der Waals surface area contributed by atoms with Gasteiger partial charge in [0.2, 0.25) is 5.88 Å². The summed E-state index contributed by atoms with van der Waals surface area (Å²) < 4.78 is 12.7. The number of benzene rings is 3. The number of hydrogen-bond acceptors (Lipinski definition) is 3. The predicted molar refractivity (Wildman–Crippen MR) is 115 cm³/mol. The molecule has 0 amide bonds. The van der Waals surface area contributed by atoms with E-state index in [1.807, 2.05) is 6.07 Å². The topological polar surface area (TPSA) is 25.6 Å². The van der Waals surface area contributed by atoms with Crippen LogP contribution in [0.3, 0.4) is 0 Å². The van der Waals surface area contributed by atoms with E-state index in [-0.39, 0.29) is 0 Å². The summed E-state index contributed by atoms with van der Waals surface area (Å²) in [4.78, 5) is 2.22. The van der Waals surface area contributed by atoms with Crippen molar-refractivity contribution in [1.82, 2.24) is 0 Å². The smallest absolute Gasteiger partial charge is 0.249 e. The lowest BCUT2D eigenvalue weighted by Gasteiger charge is -2.32. The first-order valence-corrected chi connectivity index (χ1v) is 9.62. The molecule has 0 saturated carbocycles. The zero-order valence-electron chi connectivity index (χ0n) is 16.9. The van der Waals surface area contributed by atoms with Crippen LogP contribution in [0.1, 0.15) is 27.8 Å². The summed E-state index contributed by atoms with van der Waals surface area (Å²) in [5.74, 6) is 2.39. The van der Waals surface area contributed by atoms with Crippen molar-refractivity contribution >= 4 is 28.2 Å². The van der Waals surface area contributed by atoms with Gasteiger partial charge in [-0.1, -0.05) is 35.4 Å². The molecule has 3 heteroatoms. The number of anilines is 3. The van der Waals surface area contributed by atoms with Gasteiger partial charge in [-0.25, -0.2) is 0 Å². The van der Waals surface area contributed by atoms with Crippen LogP contribution < -0.4 is 9.64 Å². The second kappa shape index (κ2) is 5.90. The lowest BCUT2D eigenvalue weighted by molar-refractivity contribution is 0.463. The fraction of sp³-hybridized carbons (Fsp3) is 0.200. The number of nitrogens with zero attached hydrogens (tertiary/aromatic N) is 1. The molecular formula is C25H23NO2. The molecule has 0 spiro atoms. The Bertz CT molecular complexity index is 1230. The Kier molecular flexibility index (Phi) is 3.57. The third kappa shape index (κ3) is 2.43. The van der Waals surface area contributed by atoms with E-state index in [1.165, 1.54) is 27.8 Å². The molecule has 3 aromatic carbocycles. The highest BCUT2D eigenvalue weighted by Gasteiger charge is 2.33. The number of rotatable bonds is 1. The van der Waals surface area contributed by atoms with Gasteiger partial charge in [-0.3, -0.25) is 4.90 Å². The molecule has 0 N–H and O–H groups in total. The number of furan rings is 1. The number of fused-ring (bicyclic) bond motifs is 4. The maximum absolute atomic E-state index is 6.39. The lowest BCUT2D eigenvalue weighted by Crippen LogP contribution is -2.17. The average Bonchev–Trinajstić information content (AvgIpc) is 2.97. The number of aryl methyl sites for hydroxylation is 5. The van der Waals surface area contributed by atoms with Gasteiger partial charge in [0.15, 0.2) is 11.5 Å². The fourth-order valence-electron chi connectivity index (χ4n) is 4.28. The molecule has 0 aliphatic carbocycles. The van der Waals surface area contributed by atoms with Crippen molar-refractivity contribution in [2.24, 2.45) is 0 Å². The molecule has 28 heavy (non-hydrogen) atoms. The Balaban J connectivity index is 1.86. The van der Waals surface area contributed by atoms with Gasteiger partial charge in [0, 0.05) is 0 Å². The third-order valence-electron chi connectivity index (χ3n) is 5.41. The van der Waals surface area contributed by atoms with Crippen LogP contribution in [-0.4, -0.2) is 0 Å². The van der Waals surface area contributed by atoms with Crippen molar-refractivity contribution < 1.29 is 9.15 Å². The summed E-state index contributed by atoms with van der Waals surface area (Å²) in [6.45, 7) is 10.6. The first-order chi connectivity index (χ1) is 13.4. The Morgan fingerprint density at radius 1 is 0.714 bits per heavy atom. The highest BCUT2D eigenvalue weighted by molar-refractivity contribution is 5.97. The van der Waals surface area contributed by atoms with Crippen LogP contribution in [0, 0.1) is 34.6 Å². The quantitative estimate of drug-likeness (QED) is 0.305. The molecular weight excluding hydrogens is 346 g/mol. The molecule has 1 aromatic heterocycles. The number of hydrogen-bond donors (Lipinski definition) is 0. The molecule has 2 heterocycles. The second-order valence-electron chi connectivity index (χ2n) is 7.89. The van der Waals surface area contributed by atoms with Gasteiger partial charge in [0.25, 0.3) is 0 Å². The van der Waals surface area contributed by atoms with Crippen LogP contribution in [0.5, 0.6) is 11.5 Å². The first-order valence-electron chi connectivity index (χ1n) is 9.62. The van der Waals surface area contributed by atoms with Crippen LogP contribution in [0.2, 0.25) is 0 Å². The standard InChI is InChI=1S/C25H23NO2/c1-14-7-9-21-19(12-14)24-25(28-21)26(20-8-6-15(2)13-22(20)27-24)23-17(4)10-16(3)11-18(23)5/h6-13H,1-5H3. The van der Waals surface area contributed by atoms with Crippen molar-refractivity contribution in [2.75, 3.05) is 4.90 Å². The Morgan fingerprint density at radius 3 is 2.14 bits per heavy atom. The molecule has 4 aromatic rings. The average molecular weight is 369 g/mol. The van der Waals surface area contributed by atoms with Crippen LogP contribution >= 0.6 is 0 Å². The lowest BCUT2D eigenvalue weighted by atomic mass is 10.0. The van der Waals surface area contributed by atoms with Gasteiger partial charge >= 0.3 is 0 Å². The van der Waals surface area contributed by atoms with Gasteiger partial charge in [-0.15, -0.1) is 0 Å². The Hall–Kier alpha value is -3.20. The van der Waals surface area contributed by atoms with E-state index in [0.717, 1.165) is 39.7 Å². The largest absolute Gasteiger partial charge is 0.449 e. The second-order valence-corrected chi connectivity index (χ2v) is 7.89. The van der Waals surface area contributed by atoms with E-state index >= 15 is 0 Å². The third-order valence-corrected chi connectivity index (χ3v) is 5.41. The fourth-order valence-corrected chi connectivity index (χ4v) is 4.28. The van der Waals surface area contributed by atoms with Crippen LogP contribution in [0.4, 0.5) is 17.3 Å². The van der Waals surface area contributed by atoms with E-state index in [9.17, 15) is 0 Å². The molecule has 0 saturated heterocycles. The highest BCUT2D eigenvalue weighted by atomic mass is 16.5. The predicted octanol–water partition coefficient (Wildman–Crippen LogP) is 7.55. The normalized spacial score (nSPS) is 12.7. The summed E-state index contributed by atoms with van der Waals surface area (Å²) >= 11 is 0. The molecule has 0 atom stereocenters. The minimum Gasteiger partial charge on any atom is -0.449 e. The van der Waals surface area contributed by atoms with E-state index in [1.54, 1.807) is 0 Å². The zero-order chi connectivity index (χ0) is 19.6. The molecule has 0 fully saturated rings. The van der Waals surface area contributed by atoms with Crippen molar-refractivity contribution in [3.05, 3.63) is 76.3 Å². The Labute approximate surface area is 165 Å². The first kappa shape index (κ1) is 16.9. The summed E-state index contributed by atoms with van der Waals surface area (Å²) in [5.41, 5.74) is 9.04. The van der Waals surface area contributed by atoms with Gasteiger partial charge in [-0.05, 0) is 75.6 Å². The van der Waals surface area contributed by atoms with E-state index in [2.05, 4.69) is 82.0 Å². The highest BCUT2D eigenvalue weighted by Crippen LogP contribution is 2.55. The van der Waals surface area contributed by atoms with Crippen LogP contribution in [-0.2, 0) is 0 Å². The van der Waals surface area contributed by atoms with E-state index in [4.69, 9.17) is 9.15 Å². The molecule has 1 aliphatic rings. The summed E-state index contributed by atoms with van der Waals surface area (Å²) in [6.07, 6.45) is 0. The monoisotopic (exact) mass is 369 g/mol. The van der Waals surface area contributed by atoms with Crippen molar-refractivity contribution in [2.45, 2.75) is 34.6 Å². The zero-order valence-corrected chi connectivity index (χ0v) is 16.9. The summed E-state index contributed by atoms with van der Waals surface area (Å²) in [7, 11) is 0. The van der Waals surface area contributed by atoms with Crippen molar-refractivity contribution in [3.8, 4) is 11.5 Å². The maximum Gasteiger partial charge on any atom is 0.249 e. The molecule has 0 unspecified atom stereocenters. The molecule has 1 aliphatic heterocycles. The van der Waals surface area contributed by atoms with E-state index in [0.29, 0.717) is 0 Å². The van der Waals surface area contributed by atoms with E-state index < -0.39 is 0 Å². The summed E-state index contributed by atoms with van der Waals surface area (Å²) in [6, 6.07) is 17.0. The Morgan fingerprint density at radius 2 is 1.39 bits per heavy atom. The molecule has 140 valence electrons. The van der Waals surface area contributed by atoms with Gasteiger partial charge in [-0.2, -0.15) is 0 Å². The maximum atomic E-state index is 6.39.